The minimum absolute atomic E-state index is 0.655. The summed E-state index contributed by atoms with van der Waals surface area (Å²) in [5.41, 5.74) is 0. The molecule has 4 nitrogen and oxygen atoms in total. The lowest BCUT2D eigenvalue weighted by Crippen LogP contribution is -2.47. The molecular weight excluding hydrogens is 184 g/mol. The molecule has 0 fully saturated rings. The van der Waals surface area contributed by atoms with Gasteiger partial charge in [-0.05, 0) is 19.9 Å². The maximum Gasteiger partial charge on any atom is 0.476 e. The predicted octanol–water partition coefficient (Wildman–Crippen LogP) is 1.37. The molecular formula is C8H16N2O2Si. The molecule has 0 amide bonds. The van der Waals surface area contributed by atoms with Crippen LogP contribution in [0.1, 0.15) is 13.8 Å². The van der Waals surface area contributed by atoms with Crippen molar-refractivity contribution in [2.45, 2.75) is 20.4 Å². The van der Waals surface area contributed by atoms with Crippen molar-refractivity contribution in [3.63, 3.8) is 0 Å². The van der Waals surface area contributed by atoms with Gasteiger partial charge >= 0.3 is 8.72 Å². The summed E-state index contributed by atoms with van der Waals surface area (Å²) in [6, 6.07) is 1.88. The fraction of sp³-hybridized carbons (Fsp3) is 0.625. The molecule has 0 aliphatic heterocycles. The van der Waals surface area contributed by atoms with Gasteiger partial charge in [0.25, 0.3) is 0 Å². The van der Waals surface area contributed by atoms with Gasteiger partial charge in [-0.15, -0.1) is 0 Å². The summed E-state index contributed by atoms with van der Waals surface area (Å²) in [6.45, 7) is 7.24. The van der Waals surface area contributed by atoms with Crippen LogP contribution < -0.4 is 0 Å². The van der Waals surface area contributed by atoms with E-state index in [1.165, 1.54) is 0 Å². The van der Waals surface area contributed by atoms with Crippen LogP contribution in [0.25, 0.3) is 0 Å². The maximum absolute atomic E-state index is 5.63. The van der Waals surface area contributed by atoms with Crippen LogP contribution in [0.3, 0.4) is 0 Å². The van der Waals surface area contributed by atoms with Crippen molar-refractivity contribution in [1.29, 1.82) is 0 Å². The molecule has 1 rings (SSSR count). The van der Waals surface area contributed by atoms with E-state index in [2.05, 4.69) is 5.10 Å². The minimum Gasteiger partial charge on any atom is -0.378 e. The molecule has 1 heterocycles. The van der Waals surface area contributed by atoms with Crippen LogP contribution >= 0.6 is 0 Å². The fourth-order valence-corrected chi connectivity index (χ4v) is 3.27. The third kappa shape index (κ3) is 2.39. The summed E-state index contributed by atoms with van der Waals surface area (Å²) >= 11 is 0. The highest BCUT2D eigenvalue weighted by atomic mass is 28.4. The van der Waals surface area contributed by atoms with E-state index in [-0.39, 0.29) is 0 Å². The van der Waals surface area contributed by atoms with E-state index >= 15 is 0 Å². The number of hydrogen-bond donors (Lipinski definition) is 0. The summed E-state index contributed by atoms with van der Waals surface area (Å²) in [6.07, 6.45) is 3.63. The number of rotatable bonds is 5. The van der Waals surface area contributed by atoms with E-state index < -0.39 is 8.72 Å². The molecule has 13 heavy (non-hydrogen) atoms. The molecule has 0 aromatic carbocycles. The van der Waals surface area contributed by atoms with Gasteiger partial charge in [-0.3, -0.25) is 0 Å². The summed E-state index contributed by atoms with van der Waals surface area (Å²) in [7, 11) is -2.27. The Morgan fingerprint density at radius 3 is 2.31 bits per heavy atom. The minimum atomic E-state index is -2.27. The quantitative estimate of drug-likeness (QED) is 0.674. The first kappa shape index (κ1) is 10.4. The SMILES string of the molecule is CCO[Si](C)(OCC)n1cccn1. The molecule has 1 aromatic heterocycles. The molecule has 0 atom stereocenters. The van der Waals surface area contributed by atoms with E-state index in [0.717, 1.165) is 0 Å². The highest BCUT2D eigenvalue weighted by Crippen LogP contribution is 2.08. The van der Waals surface area contributed by atoms with Crippen LogP contribution in [0.4, 0.5) is 0 Å². The van der Waals surface area contributed by atoms with Crippen molar-refractivity contribution in [2.75, 3.05) is 13.2 Å². The zero-order valence-corrected chi connectivity index (χ0v) is 9.36. The molecule has 0 N–H and O–H groups in total. The van der Waals surface area contributed by atoms with Gasteiger partial charge < -0.3 is 8.85 Å². The van der Waals surface area contributed by atoms with Crippen molar-refractivity contribution < 1.29 is 8.85 Å². The Bertz CT molecular complexity index is 232. The summed E-state index contributed by atoms with van der Waals surface area (Å²) in [5.74, 6) is 0. The second kappa shape index (κ2) is 4.55. The normalized spacial score (nSPS) is 11.9. The molecule has 0 unspecified atom stereocenters. The van der Waals surface area contributed by atoms with Crippen molar-refractivity contribution in [2.24, 2.45) is 0 Å². The van der Waals surface area contributed by atoms with Gasteiger partial charge in [0.1, 0.15) is 0 Å². The highest BCUT2D eigenvalue weighted by molar-refractivity contribution is 6.64. The Morgan fingerprint density at radius 2 is 1.92 bits per heavy atom. The zero-order chi connectivity index (χ0) is 9.73. The molecule has 0 bridgehead atoms. The topological polar surface area (TPSA) is 36.3 Å². The first-order valence-electron chi connectivity index (χ1n) is 4.51. The largest absolute Gasteiger partial charge is 0.476 e. The van der Waals surface area contributed by atoms with Gasteiger partial charge in [0.15, 0.2) is 0 Å². The van der Waals surface area contributed by atoms with E-state index in [0.29, 0.717) is 13.2 Å². The van der Waals surface area contributed by atoms with Crippen molar-refractivity contribution >= 4 is 8.72 Å². The highest BCUT2D eigenvalue weighted by Gasteiger charge is 2.35. The lowest BCUT2D eigenvalue weighted by atomic mass is 10.8. The van der Waals surface area contributed by atoms with Crippen LogP contribution in [-0.4, -0.2) is 31.4 Å². The number of hydrogen-bond acceptors (Lipinski definition) is 3. The Hall–Kier alpha value is -0.653. The van der Waals surface area contributed by atoms with E-state index in [4.69, 9.17) is 8.85 Å². The third-order valence-electron chi connectivity index (χ3n) is 1.74. The van der Waals surface area contributed by atoms with Crippen LogP contribution in [0.2, 0.25) is 6.55 Å². The van der Waals surface area contributed by atoms with Gasteiger partial charge in [0.2, 0.25) is 0 Å². The van der Waals surface area contributed by atoms with Gasteiger partial charge in [0.05, 0.1) is 0 Å². The van der Waals surface area contributed by atoms with Crippen LogP contribution in [-0.2, 0) is 8.85 Å². The molecule has 74 valence electrons. The van der Waals surface area contributed by atoms with Crippen molar-refractivity contribution in [3.8, 4) is 0 Å². The summed E-state index contributed by atoms with van der Waals surface area (Å²) in [5, 5.41) is 4.15. The molecule has 0 aliphatic rings. The molecule has 0 saturated carbocycles. The Labute approximate surface area is 79.8 Å². The van der Waals surface area contributed by atoms with Crippen LogP contribution in [0.5, 0.6) is 0 Å². The second-order valence-corrected chi connectivity index (χ2v) is 5.55. The lowest BCUT2D eigenvalue weighted by molar-refractivity contribution is 0.176. The second-order valence-electron chi connectivity index (χ2n) is 2.71. The summed E-state index contributed by atoms with van der Waals surface area (Å²) in [4.78, 5) is 0. The Kier molecular flexibility index (Phi) is 3.65. The van der Waals surface area contributed by atoms with Gasteiger partial charge in [-0.1, -0.05) is 0 Å². The average molecular weight is 200 g/mol. The van der Waals surface area contributed by atoms with Crippen LogP contribution in [0.15, 0.2) is 18.5 Å². The standard InChI is InChI=1S/C8H16N2O2Si/c1-4-11-13(3,12-5-2)10-8-6-7-9-10/h6-8H,4-5H2,1-3H3. The monoisotopic (exact) mass is 200 g/mol. The number of aromatic nitrogens is 2. The van der Waals surface area contributed by atoms with Gasteiger partial charge in [-0.25, -0.2) is 4.35 Å². The molecule has 1 aromatic rings. The van der Waals surface area contributed by atoms with E-state index in [1.54, 1.807) is 10.5 Å². The van der Waals surface area contributed by atoms with E-state index in [1.807, 2.05) is 32.7 Å². The Balaban J connectivity index is 2.78. The predicted molar refractivity (Wildman–Crippen MR) is 52.5 cm³/mol. The molecule has 5 heteroatoms. The first-order valence-corrected chi connectivity index (χ1v) is 6.77. The number of nitrogens with zero attached hydrogens (tertiary/aromatic N) is 2. The van der Waals surface area contributed by atoms with E-state index in [9.17, 15) is 0 Å². The molecule has 0 spiro atoms. The molecule has 0 saturated heterocycles. The molecule has 0 radical (unpaired) electrons. The van der Waals surface area contributed by atoms with Crippen molar-refractivity contribution in [1.82, 2.24) is 9.45 Å². The maximum atomic E-state index is 5.63. The summed E-state index contributed by atoms with van der Waals surface area (Å²) < 4.78 is 13.1. The fourth-order valence-electron chi connectivity index (χ4n) is 1.22. The Morgan fingerprint density at radius 1 is 1.31 bits per heavy atom. The third-order valence-corrected chi connectivity index (χ3v) is 4.49. The van der Waals surface area contributed by atoms with Crippen LogP contribution in [0, 0.1) is 0 Å². The smallest absolute Gasteiger partial charge is 0.378 e. The molecule has 0 aliphatic carbocycles. The van der Waals surface area contributed by atoms with Gasteiger partial charge in [0, 0.05) is 32.2 Å². The van der Waals surface area contributed by atoms with Gasteiger partial charge in [-0.2, -0.15) is 5.10 Å². The lowest BCUT2D eigenvalue weighted by Gasteiger charge is -2.24. The van der Waals surface area contributed by atoms with Crippen molar-refractivity contribution in [3.05, 3.63) is 18.5 Å². The first-order chi connectivity index (χ1) is 6.23. The zero-order valence-electron chi connectivity index (χ0n) is 8.36. The average Bonchev–Trinajstić information content (AvgIpc) is 2.57.